The number of unbranched alkanes of at least 4 members (excludes halogenated alkanes) is 1. The standard InChI is InChI=1S/C7H14N2/c1-2-3-4-7(5-8)6-9/h5-6,8H,2-4,9H2,1H3/b7-6-,8-5?. The quantitative estimate of drug-likeness (QED) is 0.553. The van der Waals surface area contributed by atoms with E-state index in [-0.39, 0.29) is 0 Å². The van der Waals surface area contributed by atoms with Crippen molar-refractivity contribution in [1.82, 2.24) is 0 Å². The normalized spacial score (nSPS) is 11.4. The van der Waals surface area contributed by atoms with Crippen molar-refractivity contribution in [2.24, 2.45) is 5.73 Å². The average Bonchev–Trinajstić information content (AvgIpc) is 1.91. The Bertz CT molecular complexity index is 105. The Morgan fingerprint density at radius 1 is 1.67 bits per heavy atom. The van der Waals surface area contributed by atoms with Gasteiger partial charge < -0.3 is 11.1 Å². The van der Waals surface area contributed by atoms with Crippen LogP contribution in [-0.4, -0.2) is 6.21 Å². The molecule has 0 spiro atoms. The van der Waals surface area contributed by atoms with Crippen molar-refractivity contribution in [2.75, 3.05) is 0 Å². The van der Waals surface area contributed by atoms with Crippen molar-refractivity contribution >= 4 is 6.21 Å². The summed E-state index contributed by atoms with van der Waals surface area (Å²) >= 11 is 0. The molecule has 0 radical (unpaired) electrons. The van der Waals surface area contributed by atoms with Crippen LogP contribution in [0.1, 0.15) is 26.2 Å². The van der Waals surface area contributed by atoms with Gasteiger partial charge in [-0.3, -0.25) is 0 Å². The van der Waals surface area contributed by atoms with E-state index >= 15 is 0 Å². The van der Waals surface area contributed by atoms with Crippen LogP contribution in [-0.2, 0) is 0 Å². The molecule has 0 aliphatic heterocycles. The molecule has 0 bridgehead atoms. The lowest BCUT2D eigenvalue weighted by Gasteiger charge is -1.95. The molecule has 0 fully saturated rings. The fourth-order valence-electron chi connectivity index (χ4n) is 0.585. The molecule has 0 heterocycles. The summed E-state index contributed by atoms with van der Waals surface area (Å²) in [5.74, 6) is 0. The van der Waals surface area contributed by atoms with Crippen LogP contribution in [0.2, 0.25) is 0 Å². The first-order valence-corrected chi connectivity index (χ1v) is 3.26. The second-order valence-corrected chi connectivity index (χ2v) is 1.99. The van der Waals surface area contributed by atoms with Gasteiger partial charge in [0.2, 0.25) is 0 Å². The van der Waals surface area contributed by atoms with Crippen LogP contribution in [0.3, 0.4) is 0 Å². The van der Waals surface area contributed by atoms with E-state index in [1.807, 2.05) is 0 Å². The van der Waals surface area contributed by atoms with Gasteiger partial charge in [-0.15, -0.1) is 0 Å². The summed E-state index contributed by atoms with van der Waals surface area (Å²) < 4.78 is 0. The van der Waals surface area contributed by atoms with Crippen LogP contribution in [0.5, 0.6) is 0 Å². The molecule has 0 rings (SSSR count). The Morgan fingerprint density at radius 2 is 2.33 bits per heavy atom. The molecule has 9 heavy (non-hydrogen) atoms. The van der Waals surface area contributed by atoms with E-state index in [1.54, 1.807) is 0 Å². The Balaban J connectivity index is 3.45. The van der Waals surface area contributed by atoms with Crippen LogP contribution in [0.4, 0.5) is 0 Å². The Hall–Kier alpha value is -0.790. The van der Waals surface area contributed by atoms with Crippen LogP contribution in [0.15, 0.2) is 11.8 Å². The molecule has 0 aliphatic rings. The lowest BCUT2D eigenvalue weighted by molar-refractivity contribution is 0.803. The molecule has 0 aliphatic carbocycles. The van der Waals surface area contributed by atoms with Crippen molar-refractivity contribution < 1.29 is 0 Å². The zero-order chi connectivity index (χ0) is 7.11. The van der Waals surface area contributed by atoms with E-state index in [1.165, 1.54) is 12.4 Å². The van der Waals surface area contributed by atoms with Crippen LogP contribution in [0, 0.1) is 5.41 Å². The number of nitrogens with one attached hydrogen (secondary N) is 1. The third-order valence-electron chi connectivity index (χ3n) is 1.22. The van der Waals surface area contributed by atoms with Crippen molar-refractivity contribution in [3.8, 4) is 0 Å². The van der Waals surface area contributed by atoms with E-state index in [9.17, 15) is 0 Å². The minimum Gasteiger partial charge on any atom is -0.404 e. The number of allylic oxidation sites excluding steroid dienone is 1. The maximum atomic E-state index is 6.87. The van der Waals surface area contributed by atoms with E-state index in [0.29, 0.717) is 0 Å². The number of hydrogen-bond acceptors (Lipinski definition) is 2. The van der Waals surface area contributed by atoms with E-state index in [2.05, 4.69) is 6.92 Å². The van der Waals surface area contributed by atoms with Gasteiger partial charge in [-0.25, -0.2) is 0 Å². The van der Waals surface area contributed by atoms with E-state index in [0.717, 1.165) is 24.8 Å². The van der Waals surface area contributed by atoms with Crippen molar-refractivity contribution in [2.45, 2.75) is 26.2 Å². The average molecular weight is 126 g/mol. The summed E-state index contributed by atoms with van der Waals surface area (Å²) in [7, 11) is 0. The highest BCUT2D eigenvalue weighted by Gasteiger charge is 1.88. The summed E-state index contributed by atoms with van der Waals surface area (Å²) in [6.07, 6.45) is 6.04. The van der Waals surface area contributed by atoms with Gasteiger partial charge in [-0.05, 0) is 24.6 Å². The molecule has 0 aromatic rings. The zero-order valence-electron chi connectivity index (χ0n) is 5.85. The van der Waals surface area contributed by atoms with Crippen molar-refractivity contribution in [1.29, 1.82) is 5.41 Å². The van der Waals surface area contributed by atoms with Gasteiger partial charge >= 0.3 is 0 Å². The summed E-state index contributed by atoms with van der Waals surface area (Å²) in [5.41, 5.74) is 6.14. The highest BCUT2D eigenvalue weighted by atomic mass is 14.5. The molecular formula is C7H14N2. The molecule has 0 saturated carbocycles. The fraction of sp³-hybridized carbons (Fsp3) is 0.571. The zero-order valence-corrected chi connectivity index (χ0v) is 5.85. The van der Waals surface area contributed by atoms with Gasteiger partial charge in [0.05, 0.1) is 0 Å². The van der Waals surface area contributed by atoms with Gasteiger partial charge in [0.1, 0.15) is 0 Å². The van der Waals surface area contributed by atoms with Crippen LogP contribution in [0.25, 0.3) is 0 Å². The monoisotopic (exact) mass is 126 g/mol. The third-order valence-corrected chi connectivity index (χ3v) is 1.22. The molecule has 2 heteroatoms. The predicted molar refractivity (Wildman–Crippen MR) is 40.6 cm³/mol. The summed E-state index contributed by atoms with van der Waals surface area (Å²) in [4.78, 5) is 0. The minimum absolute atomic E-state index is 0.928. The van der Waals surface area contributed by atoms with Gasteiger partial charge in [-0.1, -0.05) is 13.3 Å². The highest BCUT2D eigenvalue weighted by molar-refractivity contribution is 5.75. The van der Waals surface area contributed by atoms with Gasteiger partial charge in [0, 0.05) is 6.21 Å². The Labute approximate surface area is 56.3 Å². The molecule has 2 nitrogen and oxygen atoms in total. The predicted octanol–water partition coefficient (Wildman–Crippen LogP) is 1.67. The summed E-state index contributed by atoms with van der Waals surface area (Å²) in [6, 6.07) is 0. The first kappa shape index (κ1) is 8.21. The summed E-state index contributed by atoms with van der Waals surface area (Å²) in [5, 5.41) is 6.87. The van der Waals surface area contributed by atoms with Gasteiger partial charge in [0.25, 0.3) is 0 Å². The van der Waals surface area contributed by atoms with Crippen LogP contribution >= 0.6 is 0 Å². The smallest absolute Gasteiger partial charge is 0.0224 e. The lowest BCUT2D eigenvalue weighted by Crippen LogP contribution is -1.89. The molecule has 0 saturated heterocycles. The minimum atomic E-state index is 0.928. The Morgan fingerprint density at radius 3 is 2.67 bits per heavy atom. The molecule has 0 unspecified atom stereocenters. The molecule has 3 N–H and O–H groups in total. The molecule has 0 aromatic carbocycles. The maximum absolute atomic E-state index is 6.87. The Kier molecular flexibility index (Phi) is 4.88. The molecule has 0 aromatic heterocycles. The van der Waals surface area contributed by atoms with Crippen molar-refractivity contribution in [3.05, 3.63) is 11.8 Å². The number of nitrogens with two attached hydrogens (primary N) is 1. The molecule has 0 amide bonds. The summed E-state index contributed by atoms with van der Waals surface area (Å²) in [6.45, 7) is 2.12. The maximum Gasteiger partial charge on any atom is 0.0224 e. The molecule has 52 valence electrons. The molecule has 0 atom stereocenters. The first-order valence-electron chi connectivity index (χ1n) is 3.26. The van der Waals surface area contributed by atoms with E-state index < -0.39 is 0 Å². The largest absolute Gasteiger partial charge is 0.404 e. The van der Waals surface area contributed by atoms with Gasteiger partial charge in [0.15, 0.2) is 0 Å². The second kappa shape index (κ2) is 5.35. The third kappa shape index (κ3) is 3.76. The molecular weight excluding hydrogens is 112 g/mol. The SMILES string of the molecule is CCCC/C(C=N)=C/N. The number of hydrogen-bond donors (Lipinski definition) is 2. The fourth-order valence-corrected chi connectivity index (χ4v) is 0.585. The topological polar surface area (TPSA) is 49.9 Å². The second-order valence-electron chi connectivity index (χ2n) is 1.99. The first-order chi connectivity index (χ1) is 4.35. The van der Waals surface area contributed by atoms with Gasteiger partial charge in [-0.2, -0.15) is 0 Å². The lowest BCUT2D eigenvalue weighted by atomic mass is 10.1. The van der Waals surface area contributed by atoms with Crippen LogP contribution < -0.4 is 5.73 Å². The van der Waals surface area contributed by atoms with E-state index in [4.69, 9.17) is 11.1 Å². The highest BCUT2D eigenvalue weighted by Crippen LogP contribution is 2.01. The number of rotatable bonds is 4. The van der Waals surface area contributed by atoms with Crippen molar-refractivity contribution in [3.63, 3.8) is 0 Å².